The van der Waals surface area contributed by atoms with Crippen molar-refractivity contribution >= 4 is 5.91 Å². The molecule has 24 heavy (non-hydrogen) atoms. The third kappa shape index (κ3) is 2.63. The van der Waals surface area contributed by atoms with Crippen LogP contribution in [0.4, 0.5) is 0 Å². The Morgan fingerprint density at radius 3 is 2.71 bits per heavy atom. The minimum absolute atomic E-state index is 0.120. The van der Waals surface area contributed by atoms with E-state index in [2.05, 4.69) is 33.5 Å². The Hall–Kier alpha value is -1.47. The van der Waals surface area contributed by atoms with Gasteiger partial charge in [-0.3, -0.25) is 9.69 Å². The molecule has 4 rings (SSSR count). The third-order valence-corrected chi connectivity index (χ3v) is 5.83. The molecule has 3 heterocycles. The van der Waals surface area contributed by atoms with Crippen LogP contribution >= 0.6 is 0 Å². The van der Waals surface area contributed by atoms with Gasteiger partial charge in [-0.25, -0.2) is 0 Å². The summed E-state index contributed by atoms with van der Waals surface area (Å²) in [5.74, 6) is 2.36. The lowest BCUT2D eigenvalue weighted by atomic mass is 9.84. The Morgan fingerprint density at radius 2 is 2.04 bits per heavy atom. The monoisotopic (exact) mass is 333 g/mol. The van der Waals surface area contributed by atoms with Gasteiger partial charge in [0, 0.05) is 31.6 Å². The molecule has 0 spiro atoms. The van der Waals surface area contributed by atoms with Gasteiger partial charge in [-0.05, 0) is 33.1 Å². The number of amides is 1. The molecule has 7 nitrogen and oxygen atoms in total. The topological polar surface area (TPSA) is 74.5 Å². The van der Waals surface area contributed by atoms with Gasteiger partial charge >= 0.3 is 0 Å². The van der Waals surface area contributed by atoms with Crippen LogP contribution in [-0.4, -0.2) is 60.8 Å². The Morgan fingerprint density at radius 1 is 1.25 bits per heavy atom. The van der Waals surface area contributed by atoms with Crippen molar-refractivity contribution in [2.75, 3.05) is 13.1 Å². The van der Waals surface area contributed by atoms with E-state index in [-0.39, 0.29) is 24.0 Å². The van der Waals surface area contributed by atoms with Gasteiger partial charge in [-0.1, -0.05) is 6.42 Å². The summed E-state index contributed by atoms with van der Waals surface area (Å²) < 4.78 is 2.17. The molecule has 0 bridgehead atoms. The van der Waals surface area contributed by atoms with Gasteiger partial charge in [0.2, 0.25) is 5.91 Å². The third-order valence-electron chi connectivity index (χ3n) is 5.83. The van der Waals surface area contributed by atoms with Crippen molar-refractivity contribution in [1.29, 1.82) is 0 Å². The summed E-state index contributed by atoms with van der Waals surface area (Å²) in [6.07, 6.45) is 3.67. The second-order valence-electron chi connectivity index (χ2n) is 7.71. The van der Waals surface area contributed by atoms with Crippen LogP contribution in [0.1, 0.15) is 57.2 Å². The van der Waals surface area contributed by atoms with E-state index < -0.39 is 0 Å². The Balaban J connectivity index is 1.53. The quantitative estimate of drug-likeness (QED) is 0.891. The fraction of sp³-hybridized carbons (Fsp3) is 0.824. The molecule has 1 aromatic heterocycles. The standard InChI is InChI=1S/C17H27N5O2/c1-11(2)22-9-13(23)8-14(22)16-19-18-15-10-20(6-7-21(15)16)17(24)12-4-3-5-12/h11-14,23H,3-10H2,1-2H3/t13-,14-/m0/s1. The molecule has 0 radical (unpaired) electrons. The first-order valence-electron chi connectivity index (χ1n) is 9.19. The van der Waals surface area contributed by atoms with Crippen LogP contribution in [0.15, 0.2) is 0 Å². The van der Waals surface area contributed by atoms with Crippen molar-refractivity contribution in [3.05, 3.63) is 11.6 Å². The van der Waals surface area contributed by atoms with Crippen molar-refractivity contribution in [3.63, 3.8) is 0 Å². The lowest BCUT2D eigenvalue weighted by molar-refractivity contribution is -0.139. The lowest BCUT2D eigenvalue weighted by Crippen LogP contribution is -2.44. The molecular formula is C17H27N5O2. The van der Waals surface area contributed by atoms with Gasteiger partial charge in [-0.2, -0.15) is 0 Å². The minimum atomic E-state index is -0.300. The zero-order valence-corrected chi connectivity index (χ0v) is 14.6. The van der Waals surface area contributed by atoms with Gasteiger partial charge in [0.05, 0.1) is 18.7 Å². The highest BCUT2D eigenvalue weighted by molar-refractivity contribution is 5.79. The van der Waals surface area contributed by atoms with E-state index in [1.807, 2.05) is 4.90 Å². The SMILES string of the molecule is CC(C)N1C[C@@H](O)C[C@H]1c1nnc2n1CCN(C(=O)C1CCC1)C2. The zero-order valence-electron chi connectivity index (χ0n) is 14.6. The van der Waals surface area contributed by atoms with Gasteiger partial charge < -0.3 is 14.6 Å². The summed E-state index contributed by atoms with van der Waals surface area (Å²) in [7, 11) is 0. The highest BCUT2D eigenvalue weighted by Crippen LogP contribution is 2.34. The number of hydrogen-bond donors (Lipinski definition) is 1. The molecule has 0 unspecified atom stereocenters. The second-order valence-corrected chi connectivity index (χ2v) is 7.71. The molecule has 2 atom stereocenters. The number of aliphatic hydroxyl groups excluding tert-OH is 1. The van der Waals surface area contributed by atoms with Crippen LogP contribution in [0.3, 0.4) is 0 Å². The van der Waals surface area contributed by atoms with Crippen LogP contribution in [0.25, 0.3) is 0 Å². The molecule has 7 heteroatoms. The molecule has 132 valence electrons. The fourth-order valence-electron chi connectivity index (χ4n) is 4.19. The molecule has 1 aliphatic carbocycles. The Kier molecular flexibility index (Phi) is 4.08. The maximum atomic E-state index is 12.5. The number of hydrogen-bond acceptors (Lipinski definition) is 5. The van der Waals surface area contributed by atoms with Gasteiger partial charge in [0.1, 0.15) is 0 Å². The van der Waals surface area contributed by atoms with Crippen LogP contribution < -0.4 is 0 Å². The number of aromatic nitrogens is 3. The Bertz CT molecular complexity index is 624. The maximum absolute atomic E-state index is 12.5. The zero-order chi connectivity index (χ0) is 16.8. The average molecular weight is 333 g/mol. The second kappa shape index (κ2) is 6.11. The molecule has 2 fully saturated rings. The van der Waals surface area contributed by atoms with E-state index in [4.69, 9.17) is 0 Å². The normalized spacial score (nSPS) is 28.2. The summed E-state index contributed by atoms with van der Waals surface area (Å²) in [6.45, 7) is 7.06. The molecule has 1 N–H and O–H groups in total. The first-order chi connectivity index (χ1) is 11.5. The van der Waals surface area contributed by atoms with E-state index >= 15 is 0 Å². The molecule has 1 aromatic rings. The van der Waals surface area contributed by atoms with Crippen molar-refractivity contribution in [1.82, 2.24) is 24.6 Å². The summed E-state index contributed by atoms with van der Waals surface area (Å²) in [6, 6.07) is 0.482. The summed E-state index contributed by atoms with van der Waals surface area (Å²) in [5, 5.41) is 18.9. The number of carbonyl (C=O) groups is 1. The van der Waals surface area contributed by atoms with Gasteiger partial charge in [-0.15, -0.1) is 10.2 Å². The lowest BCUT2D eigenvalue weighted by Gasteiger charge is -2.35. The highest BCUT2D eigenvalue weighted by atomic mass is 16.3. The largest absolute Gasteiger partial charge is 0.392 e. The number of rotatable bonds is 3. The van der Waals surface area contributed by atoms with E-state index in [0.717, 1.165) is 37.6 Å². The number of nitrogens with zero attached hydrogens (tertiary/aromatic N) is 5. The summed E-state index contributed by atoms with van der Waals surface area (Å²) in [5.41, 5.74) is 0. The molecule has 1 amide bonds. The molecular weight excluding hydrogens is 306 g/mol. The predicted octanol–water partition coefficient (Wildman–Crippen LogP) is 0.936. The van der Waals surface area contributed by atoms with Crippen LogP contribution in [0.2, 0.25) is 0 Å². The van der Waals surface area contributed by atoms with Crippen LogP contribution in [0.5, 0.6) is 0 Å². The number of aliphatic hydroxyl groups is 1. The van der Waals surface area contributed by atoms with E-state index in [0.29, 0.717) is 25.6 Å². The maximum Gasteiger partial charge on any atom is 0.226 e. The molecule has 0 aromatic carbocycles. The van der Waals surface area contributed by atoms with E-state index in [9.17, 15) is 9.90 Å². The van der Waals surface area contributed by atoms with Gasteiger partial charge in [0.25, 0.3) is 0 Å². The molecule has 1 saturated carbocycles. The van der Waals surface area contributed by atoms with Crippen molar-refractivity contribution in [3.8, 4) is 0 Å². The van der Waals surface area contributed by atoms with Crippen molar-refractivity contribution in [2.24, 2.45) is 5.92 Å². The Labute approximate surface area is 142 Å². The van der Waals surface area contributed by atoms with E-state index in [1.54, 1.807) is 0 Å². The number of β-amino-alcohol motifs (C(OH)–C–C–N with tert-alkyl or cyclic N) is 1. The van der Waals surface area contributed by atoms with Crippen molar-refractivity contribution < 1.29 is 9.90 Å². The summed E-state index contributed by atoms with van der Waals surface area (Å²) in [4.78, 5) is 16.7. The molecule has 2 aliphatic heterocycles. The average Bonchev–Trinajstić information content (AvgIpc) is 3.07. The number of likely N-dealkylation sites (tertiary alicyclic amines) is 1. The predicted molar refractivity (Wildman–Crippen MR) is 88.0 cm³/mol. The van der Waals surface area contributed by atoms with Gasteiger partial charge in [0.15, 0.2) is 11.6 Å². The molecule has 3 aliphatic rings. The summed E-state index contributed by atoms with van der Waals surface area (Å²) >= 11 is 0. The number of fused-ring (bicyclic) bond motifs is 1. The highest BCUT2D eigenvalue weighted by Gasteiger charge is 2.39. The fourth-order valence-corrected chi connectivity index (χ4v) is 4.19. The smallest absolute Gasteiger partial charge is 0.226 e. The van der Waals surface area contributed by atoms with Crippen LogP contribution in [-0.2, 0) is 17.9 Å². The first kappa shape index (κ1) is 16.0. The first-order valence-corrected chi connectivity index (χ1v) is 9.19. The minimum Gasteiger partial charge on any atom is -0.392 e. The van der Waals surface area contributed by atoms with E-state index in [1.165, 1.54) is 6.42 Å². The van der Waals surface area contributed by atoms with Crippen LogP contribution in [0, 0.1) is 5.92 Å². The number of carbonyl (C=O) groups excluding carboxylic acids is 1. The molecule has 1 saturated heterocycles. The van der Waals surface area contributed by atoms with Crippen molar-refractivity contribution in [2.45, 2.75) is 70.8 Å².